The Kier molecular flexibility index (Phi) is 3.80. The third-order valence-corrected chi connectivity index (χ3v) is 4.42. The Bertz CT molecular complexity index is 597. The van der Waals surface area contributed by atoms with E-state index in [1.807, 2.05) is 4.90 Å². The minimum Gasteiger partial charge on any atom is -0.332 e. The van der Waals surface area contributed by atoms with Crippen molar-refractivity contribution in [3.63, 3.8) is 0 Å². The fourth-order valence-corrected chi connectivity index (χ4v) is 3.42. The molecule has 1 unspecified atom stereocenters. The van der Waals surface area contributed by atoms with Crippen LogP contribution in [0.4, 0.5) is 0 Å². The molecule has 2 N–H and O–H groups in total. The highest BCUT2D eigenvalue weighted by molar-refractivity contribution is 7.07. The van der Waals surface area contributed by atoms with Gasteiger partial charge in [-0.3, -0.25) is 9.78 Å². The lowest BCUT2D eigenvalue weighted by Crippen LogP contribution is -2.30. The van der Waals surface area contributed by atoms with Crippen LogP contribution in [0, 0.1) is 0 Å². The summed E-state index contributed by atoms with van der Waals surface area (Å²) >= 11 is 1.68. The van der Waals surface area contributed by atoms with Crippen molar-refractivity contribution in [1.29, 1.82) is 0 Å². The van der Waals surface area contributed by atoms with Crippen LogP contribution >= 0.6 is 11.3 Å². The molecule has 0 saturated carbocycles. The van der Waals surface area contributed by atoms with E-state index in [1.54, 1.807) is 29.7 Å². The first-order valence-corrected chi connectivity index (χ1v) is 7.72. The summed E-state index contributed by atoms with van der Waals surface area (Å²) in [6.45, 7) is 1.18. The zero-order chi connectivity index (χ0) is 13.9. The number of amides is 1. The molecule has 1 atom stereocenters. The first-order valence-electron chi connectivity index (χ1n) is 6.77. The Morgan fingerprint density at radius 1 is 1.50 bits per heavy atom. The normalized spacial score (nSPS) is 18.4. The molecule has 1 aliphatic heterocycles. The highest BCUT2D eigenvalue weighted by atomic mass is 32.1. The molecule has 1 aliphatic rings. The second kappa shape index (κ2) is 5.73. The van der Waals surface area contributed by atoms with Gasteiger partial charge in [0.15, 0.2) is 0 Å². The van der Waals surface area contributed by atoms with Crippen LogP contribution in [0.15, 0.2) is 35.2 Å². The first kappa shape index (κ1) is 13.3. The molecule has 1 amide bonds. The molecule has 4 nitrogen and oxygen atoms in total. The van der Waals surface area contributed by atoms with Gasteiger partial charge < -0.3 is 10.6 Å². The molecule has 0 aromatic carbocycles. The predicted octanol–water partition coefficient (Wildman–Crippen LogP) is 2.58. The SMILES string of the molecule is NCc1cc(C(=O)N2CCCC2c2ccsc2)ccn1. The average Bonchev–Trinajstić information content (AvgIpc) is 3.16. The summed E-state index contributed by atoms with van der Waals surface area (Å²) in [7, 11) is 0. The molecule has 2 aromatic heterocycles. The molecule has 0 radical (unpaired) electrons. The number of hydrogen-bond donors (Lipinski definition) is 1. The summed E-state index contributed by atoms with van der Waals surface area (Å²) in [6, 6.07) is 5.89. The fraction of sp³-hybridized carbons (Fsp3) is 0.333. The minimum atomic E-state index is 0.0794. The molecule has 0 bridgehead atoms. The van der Waals surface area contributed by atoms with Gasteiger partial charge in [-0.2, -0.15) is 11.3 Å². The lowest BCUT2D eigenvalue weighted by atomic mass is 10.1. The van der Waals surface area contributed by atoms with Crippen molar-refractivity contribution in [2.45, 2.75) is 25.4 Å². The quantitative estimate of drug-likeness (QED) is 0.944. The molecule has 0 aliphatic carbocycles. The van der Waals surface area contributed by atoms with Gasteiger partial charge in [0.2, 0.25) is 0 Å². The molecule has 0 spiro atoms. The Balaban J connectivity index is 1.85. The van der Waals surface area contributed by atoms with Crippen molar-refractivity contribution in [3.05, 3.63) is 52.0 Å². The van der Waals surface area contributed by atoms with Gasteiger partial charge in [-0.1, -0.05) is 0 Å². The molecule has 1 fully saturated rings. The summed E-state index contributed by atoms with van der Waals surface area (Å²) in [5, 5.41) is 4.20. The van der Waals surface area contributed by atoms with Crippen LogP contribution in [0.2, 0.25) is 0 Å². The van der Waals surface area contributed by atoms with E-state index in [9.17, 15) is 4.79 Å². The summed E-state index contributed by atoms with van der Waals surface area (Å²) in [6.07, 6.45) is 3.75. The van der Waals surface area contributed by atoms with Crippen LogP contribution in [-0.2, 0) is 6.54 Å². The molecule has 1 saturated heterocycles. The van der Waals surface area contributed by atoms with Crippen molar-refractivity contribution >= 4 is 17.2 Å². The first-order chi connectivity index (χ1) is 9.79. The number of likely N-dealkylation sites (tertiary alicyclic amines) is 1. The summed E-state index contributed by atoms with van der Waals surface area (Å²) in [4.78, 5) is 18.8. The number of hydrogen-bond acceptors (Lipinski definition) is 4. The van der Waals surface area contributed by atoms with Gasteiger partial charge in [0.1, 0.15) is 0 Å². The van der Waals surface area contributed by atoms with Crippen molar-refractivity contribution in [1.82, 2.24) is 9.88 Å². The molecule has 104 valence electrons. The second-order valence-electron chi connectivity index (χ2n) is 4.95. The van der Waals surface area contributed by atoms with E-state index in [2.05, 4.69) is 21.8 Å². The van der Waals surface area contributed by atoms with Gasteiger partial charge in [-0.05, 0) is 47.4 Å². The van der Waals surface area contributed by atoms with E-state index in [4.69, 9.17) is 5.73 Å². The molecular weight excluding hydrogens is 270 g/mol. The highest BCUT2D eigenvalue weighted by Gasteiger charge is 2.30. The van der Waals surface area contributed by atoms with E-state index >= 15 is 0 Å². The number of aromatic nitrogens is 1. The van der Waals surface area contributed by atoms with E-state index in [-0.39, 0.29) is 11.9 Å². The molecule has 20 heavy (non-hydrogen) atoms. The van der Waals surface area contributed by atoms with E-state index in [0.29, 0.717) is 12.1 Å². The van der Waals surface area contributed by atoms with Crippen LogP contribution in [0.5, 0.6) is 0 Å². The maximum Gasteiger partial charge on any atom is 0.254 e. The van der Waals surface area contributed by atoms with Crippen molar-refractivity contribution < 1.29 is 4.79 Å². The van der Waals surface area contributed by atoms with Gasteiger partial charge in [0, 0.05) is 24.8 Å². The smallest absolute Gasteiger partial charge is 0.254 e. The van der Waals surface area contributed by atoms with Crippen LogP contribution in [-0.4, -0.2) is 22.3 Å². The summed E-state index contributed by atoms with van der Waals surface area (Å²) in [5.74, 6) is 0.0794. The van der Waals surface area contributed by atoms with E-state index in [0.717, 1.165) is 25.1 Å². The van der Waals surface area contributed by atoms with Crippen LogP contribution in [0.3, 0.4) is 0 Å². The van der Waals surface area contributed by atoms with Crippen LogP contribution < -0.4 is 5.73 Å². The van der Waals surface area contributed by atoms with Crippen molar-refractivity contribution in [2.75, 3.05) is 6.54 Å². The summed E-state index contributed by atoms with van der Waals surface area (Å²) in [5.41, 5.74) is 8.27. The number of pyridine rings is 1. The highest BCUT2D eigenvalue weighted by Crippen LogP contribution is 2.34. The van der Waals surface area contributed by atoms with E-state index < -0.39 is 0 Å². The zero-order valence-corrected chi connectivity index (χ0v) is 12.0. The predicted molar refractivity (Wildman–Crippen MR) is 79.5 cm³/mol. The average molecular weight is 287 g/mol. The lowest BCUT2D eigenvalue weighted by Gasteiger charge is -2.24. The van der Waals surface area contributed by atoms with Gasteiger partial charge in [-0.25, -0.2) is 0 Å². The third-order valence-electron chi connectivity index (χ3n) is 3.71. The number of carbonyl (C=O) groups excluding carboxylic acids is 1. The van der Waals surface area contributed by atoms with E-state index in [1.165, 1.54) is 5.56 Å². The number of thiophene rings is 1. The fourth-order valence-electron chi connectivity index (χ4n) is 2.71. The van der Waals surface area contributed by atoms with Gasteiger partial charge in [0.25, 0.3) is 5.91 Å². The van der Waals surface area contributed by atoms with Gasteiger partial charge in [0.05, 0.1) is 11.7 Å². The number of nitrogens with zero attached hydrogens (tertiary/aromatic N) is 2. The van der Waals surface area contributed by atoms with Crippen molar-refractivity contribution in [2.24, 2.45) is 5.73 Å². The number of carbonyl (C=O) groups is 1. The molecule has 3 heterocycles. The molecule has 3 rings (SSSR count). The number of nitrogens with two attached hydrogens (primary N) is 1. The minimum absolute atomic E-state index is 0.0794. The zero-order valence-electron chi connectivity index (χ0n) is 11.2. The van der Waals surface area contributed by atoms with Gasteiger partial charge in [-0.15, -0.1) is 0 Å². The largest absolute Gasteiger partial charge is 0.332 e. The maximum atomic E-state index is 12.7. The topological polar surface area (TPSA) is 59.2 Å². The maximum absolute atomic E-state index is 12.7. The molecule has 2 aromatic rings. The summed E-state index contributed by atoms with van der Waals surface area (Å²) < 4.78 is 0. The Morgan fingerprint density at radius 2 is 2.40 bits per heavy atom. The number of rotatable bonds is 3. The van der Waals surface area contributed by atoms with Crippen LogP contribution in [0.1, 0.15) is 40.5 Å². The molecular formula is C15H17N3OS. The lowest BCUT2D eigenvalue weighted by molar-refractivity contribution is 0.0735. The molecule has 5 heteroatoms. The monoisotopic (exact) mass is 287 g/mol. The standard InChI is InChI=1S/C15H17N3OS/c16-9-13-8-11(3-5-17-13)15(19)18-6-1-2-14(18)12-4-7-20-10-12/h3-5,7-8,10,14H,1-2,6,9,16H2. The Labute approximate surface area is 122 Å². The Hall–Kier alpha value is -1.72. The Morgan fingerprint density at radius 3 is 3.15 bits per heavy atom. The van der Waals surface area contributed by atoms with Gasteiger partial charge >= 0.3 is 0 Å². The third kappa shape index (κ3) is 2.46. The van der Waals surface area contributed by atoms with Crippen molar-refractivity contribution in [3.8, 4) is 0 Å². The van der Waals surface area contributed by atoms with Crippen LogP contribution in [0.25, 0.3) is 0 Å². The second-order valence-corrected chi connectivity index (χ2v) is 5.73.